The van der Waals surface area contributed by atoms with Crippen LogP contribution in [0.5, 0.6) is 0 Å². The van der Waals surface area contributed by atoms with Gasteiger partial charge in [-0.25, -0.2) is 9.59 Å². The van der Waals surface area contributed by atoms with Crippen LogP contribution in [0.3, 0.4) is 0 Å². The second-order valence-electron chi connectivity index (χ2n) is 7.70. The first kappa shape index (κ1) is 24.7. The summed E-state index contributed by atoms with van der Waals surface area (Å²) >= 11 is 0. The molecule has 0 saturated carbocycles. The highest BCUT2D eigenvalue weighted by Gasteiger charge is 2.22. The number of amides is 2. The molecule has 0 aliphatic rings. The van der Waals surface area contributed by atoms with Crippen LogP contribution in [0.25, 0.3) is 0 Å². The molecule has 0 saturated heterocycles. The van der Waals surface area contributed by atoms with E-state index in [9.17, 15) is 9.59 Å². The number of carbonyl (C=O) groups is 2. The highest BCUT2D eigenvalue weighted by atomic mass is 16.6. The van der Waals surface area contributed by atoms with E-state index in [2.05, 4.69) is 28.1 Å². The quantitative estimate of drug-likeness (QED) is 0.301. The zero-order valence-corrected chi connectivity index (χ0v) is 17.6. The zero-order valence-electron chi connectivity index (χ0n) is 17.6. The maximum atomic E-state index is 12.0. The van der Waals surface area contributed by atoms with Crippen LogP contribution < -0.4 is 21.7 Å². The van der Waals surface area contributed by atoms with Crippen molar-refractivity contribution in [3.63, 3.8) is 0 Å². The molecule has 1 aromatic rings. The number of alkyl carbamates (subject to hydrolysis) is 1. The molecule has 0 aromatic heterocycles. The molecule has 1 unspecified atom stereocenters. The molecule has 0 heterocycles. The Kier molecular flexibility index (Phi) is 11.8. The number of benzene rings is 1. The summed E-state index contributed by atoms with van der Waals surface area (Å²) in [6.07, 6.45) is 2.33. The lowest BCUT2D eigenvalue weighted by molar-refractivity contribution is 0.0330. The maximum Gasteiger partial charge on any atom is 0.407 e. The number of nitrogens with one attached hydrogen (secondary N) is 3. The molecule has 0 spiro atoms. The van der Waals surface area contributed by atoms with Crippen molar-refractivity contribution in [3.8, 4) is 0 Å². The van der Waals surface area contributed by atoms with Gasteiger partial charge in [-0.1, -0.05) is 30.3 Å². The van der Waals surface area contributed by atoms with Gasteiger partial charge in [0.2, 0.25) is 0 Å². The molecule has 2 amide bonds. The Hall–Kier alpha value is -2.32. The molecule has 0 radical (unpaired) electrons. The molecule has 0 fully saturated rings. The van der Waals surface area contributed by atoms with Gasteiger partial charge >= 0.3 is 12.2 Å². The fraction of sp³-hybridized carbons (Fsp3) is 0.619. The summed E-state index contributed by atoms with van der Waals surface area (Å²) < 4.78 is 5.54. The molecule has 0 aliphatic carbocycles. The minimum atomic E-state index is -1.04. The van der Waals surface area contributed by atoms with Gasteiger partial charge in [0.15, 0.2) is 0 Å². The third-order valence-corrected chi connectivity index (χ3v) is 4.52. The lowest BCUT2D eigenvalue weighted by atomic mass is 9.99. The van der Waals surface area contributed by atoms with E-state index in [4.69, 9.17) is 15.6 Å². The Morgan fingerprint density at radius 3 is 2.55 bits per heavy atom. The number of aryl methyl sites for hydroxylation is 1. The minimum absolute atomic E-state index is 0.178. The Balaban J connectivity index is 2.21. The largest absolute Gasteiger partial charge is 0.465 e. The van der Waals surface area contributed by atoms with Crippen molar-refractivity contribution in [3.05, 3.63) is 35.9 Å². The second-order valence-corrected chi connectivity index (χ2v) is 7.70. The standard InChI is InChI=1S/C21H36N4O4/c1-21(2,12-11-17-8-4-3-5-9-17)29-20(28)24-14-7-6-10-18(25-19(26)27)16-23-15-13-22/h3-5,8-9,18,23,25H,6-7,10-16,22H2,1-2H3,(H,24,28)(H,26,27). The summed E-state index contributed by atoms with van der Waals surface area (Å²) in [5, 5.41) is 17.3. The van der Waals surface area contributed by atoms with Crippen LogP contribution >= 0.6 is 0 Å². The Labute approximate surface area is 173 Å². The molecule has 8 nitrogen and oxygen atoms in total. The third-order valence-electron chi connectivity index (χ3n) is 4.52. The van der Waals surface area contributed by atoms with E-state index in [0.29, 0.717) is 32.6 Å². The topological polar surface area (TPSA) is 126 Å². The van der Waals surface area contributed by atoms with Gasteiger partial charge in [-0.3, -0.25) is 0 Å². The molecule has 6 N–H and O–H groups in total. The number of carbonyl (C=O) groups excluding carboxylic acids is 1. The van der Waals surface area contributed by atoms with Crippen molar-refractivity contribution >= 4 is 12.2 Å². The molecular formula is C21H36N4O4. The Morgan fingerprint density at radius 2 is 1.90 bits per heavy atom. The van der Waals surface area contributed by atoms with Gasteiger partial charge in [-0.2, -0.15) is 0 Å². The molecule has 1 rings (SSSR count). The van der Waals surface area contributed by atoms with Crippen LogP contribution in [0.1, 0.15) is 45.1 Å². The average molecular weight is 409 g/mol. The van der Waals surface area contributed by atoms with Crippen LogP contribution in [0.15, 0.2) is 30.3 Å². The monoisotopic (exact) mass is 408 g/mol. The molecule has 164 valence electrons. The van der Waals surface area contributed by atoms with E-state index in [1.54, 1.807) is 0 Å². The first-order valence-corrected chi connectivity index (χ1v) is 10.2. The van der Waals surface area contributed by atoms with Crippen molar-refractivity contribution in [1.29, 1.82) is 0 Å². The second kappa shape index (κ2) is 13.8. The first-order chi connectivity index (χ1) is 13.8. The molecule has 1 atom stereocenters. The molecular weight excluding hydrogens is 372 g/mol. The normalized spacial score (nSPS) is 12.2. The van der Waals surface area contributed by atoms with E-state index < -0.39 is 17.8 Å². The number of rotatable bonds is 14. The zero-order chi connectivity index (χ0) is 21.5. The number of unbranched alkanes of at least 4 members (excludes halogenated alkanes) is 1. The fourth-order valence-corrected chi connectivity index (χ4v) is 2.91. The number of carboxylic acid groups (broad SMARTS) is 1. The van der Waals surface area contributed by atoms with Crippen LogP contribution in [0, 0.1) is 0 Å². The van der Waals surface area contributed by atoms with Crippen LogP contribution in [-0.2, 0) is 11.2 Å². The van der Waals surface area contributed by atoms with Gasteiger partial charge in [-0.15, -0.1) is 0 Å². The number of hydrogen-bond acceptors (Lipinski definition) is 5. The summed E-state index contributed by atoms with van der Waals surface area (Å²) in [7, 11) is 0. The van der Waals surface area contributed by atoms with Gasteiger partial charge in [0.25, 0.3) is 0 Å². The Bertz CT molecular complexity index is 596. The van der Waals surface area contributed by atoms with Gasteiger partial charge in [0.1, 0.15) is 5.60 Å². The predicted octanol–water partition coefficient (Wildman–Crippen LogP) is 2.48. The molecule has 29 heavy (non-hydrogen) atoms. The van der Waals surface area contributed by atoms with Crippen LogP contribution in [0.4, 0.5) is 9.59 Å². The van der Waals surface area contributed by atoms with Gasteiger partial charge in [0, 0.05) is 32.2 Å². The van der Waals surface area contributed by atoms with Crippen LogP contribution in [-0.4, -0.2) is 55.1 Å². The van der Waals surface area contributed by atoms with E-state index in [-0.39, 0.29) is 6.04 Å². The number of ether oxygens (including phenoxy) is 1. The third kappa shape index (κ3) is 12.7. The highest BCUT2D eigenvalue weighted by Crippen LogP contribution is 2.18. The van der Waals surface area contributed by atoms with Crippen molar-refractivity contribution in [2.24, 2.45) is 5.73 Å². The molecule has 1 aromatic carbocycles. The van der Waals surface area contributed by atoms with Crippen molar-refractivity contribution in [2.45, 2.75) is 57.6 Å². The summed E-state index contributed by atoms with van der Waals surface area (Å²) in [6, 6.07) is 9.93. The van der Waals surface area contributed by atoms with Gasteiger partial charge in [-0.05, 0) is 51.5 Å². The first-order valence-electron chi connectivity index (χ1n) is 10.2. The highest BCUT2D eigenvalue weighted by molar-refractivity contribution is 5.67. The van der Waals surface area contributed by atoms with Crippen molar-refractivity contribution in [1.82, 2.24) is 16.0 Å². The smallest absolute Gasteiger partial charge is 0.407 e. The number of hydrogen-bond donors (Lipinski definition) is 5. The Morgan fingerprint density at radius 1 is 1.17 bits per heavy atom. The summed E-state index contributed by atoms with van der Waals surface area (Å²) in [4.78, 5) is 22.9. The molecule has 0 bridgehead atoms. The predicted molar refractivity (Wildman–Crippen MR) is 114 cm³/mol. The van der Waals surface area contributed by atoms with Gasteiger partial charge in [0.05, 0.1) is 0 Å². The lowest BCUT2D eigenvalue weighted by Gasteiger charge is -2.25. The van der Waals surface area contributed by atoms with E-state index in [1.165, 1.54) is 5.56 Å². The summed E-state index contributed by atoms with van der Waals surface area (Å²) in [6.45, 7) is 6.00. The van der Waals surface area contributed by atoms with Crippen molar-refractivity contribution < 1.29 is 19.4 Å². The van der Waals surface area contributed by atoms with Gasteiger partial charge < -0.3 is 31.5 Å². The SMILES string of the molecule is CC(C)(CCc1ccccc1)OC(=O)NCCCCC(CNCCN)NC(=O)O. The minimum Gasteiger partial charge on any atom is -0.465 e. The van der Waals surface area contributed by atoms with E-state index in [0.717, 1.165) is 25.7 Å². The van der Waals surface area contributed by atoms with Crippen LogP contribution in [0.2, 0.25) is 0 Å². The maximum absolute atomic E-state index is 12.0. The summed E-state index contributed by atoms with van der Waals surface area (Å²) in [5.74, 6) is 0. The van der Waals surface area contributed by atoms with E-state index >= 15 is 0 Å². The van der Waals surface area contributed by atoms with E-state index in [1.807, 2.05) is 32.0 Å². The number of nitrogens with two attached hydrogens (primary N) is 1. The molecule has 0 aliphatic heterocycles. The fourth-order valence-electron chi connectivity index (χ4n) is 2.91. The van der Waals surface area contributed by atoms with Crippen molar-refractivity contribution in [2.75, 3.05) is 26.2 Å². The molecule has 8 heteroatoms. The summed E-state index contributed by atoms with van der Waals surface area (Å²) in [5.41, 5.74) is 6.09. The average Bonchev–Trinajstić information content (AvgIpc) is 2.66. The lowest BCUT2D eigenvalue weighted by Crippen LogP contribution is -2.42.